The molecule has 0 saturated heterocycles. The fourth-order valence-corrected chi connectivity index (χ4v) is 3.18. The van der Waals surface area contributed by atoms with Crippen LogP contribution in [0.4, 0.5) is 14.9 Å². The molecule has 0 saturated carbocycles. The van der Waals surface area contributed by atoms with Gasteiger partial charge >= 0.3 is 11.7 Å². The molecule has 0 fully saturated rings. The fraction of sp³-hybridized carbons (Fsp3) is 0.200. The number of carbonyl (C=O) groups is 2. The number of hydrogen-bond donors (Lipinski definition) is 1. The van der Waals surface area contributed by atoms with Crippen molar-refractivity contribution in [3.63, 3.8) is 0 Å². The van der Waals surface area contributed by atoms with E-state index in [0.717, 1.165) is 9.36 Å². The molecule has 30 heavy (non-hydrogen) atoms. The van der Waals surface area contributed by atoms with Crippen molar-refractivity contribution in [1.29, 1.82) is 0 Å². The maximum Gasteiger partial charge on any atom is 0.365 e. The average Bonchev–Trinajstić information content (AvgIpc) is 3.23. The minimum Gasteiger partial charge on any atom is -0.497 e. The van der Waals surface area contributed by atoms with E-state index in [2.05, 4.69) is 10.3 Å². The van der Waals surface area contributed by atoms with E-state index in [-0.39, 0.29) is 31.3 Å². The van der Waals surface area contributed by atoms with Gasteiger partial charge < -0.3 is 10.1 Å². The van der Waals surface area contributed by atoms with E-state index in [1.807, 2.05) is 0 Å². The van der Waals surface area contributed by atoms with Gasteiger partial charge in [0.1, 0.15) is 18.1 Å². The molecule has 1 aliphatic heterocycles. The van der Waals surface area contributed by atoms with E-state index in [0.29, 0.717) is 17.0 Å². The highest BCUT2D eigenvalue weighted by Gasteiger charge is 2.33. The Labute approximate surface area is 170 Å². The van der Waals surface area contributed by atoms with Gasteiger partial charge in [-0.15, -0.1) is 0 Å². The Morgan fingerprint density at radius 2 is 1.83 bits per heavy atom. The lowest BCUT2D eigenvalue weighted by Gasteiger charge is -2.16. The molecule has 2 aromatic carbocycles. The first-order valence-electron chi connectivity index (χ1n) is 9.12. The molecule has 1 aliphatic rings. The Morgan fingerprint density at radius 1 is 1.13 bits per heavy atom. The quantitative estimate of drug-likeness (QED) is 0.663. The zero-order valence-corrected chi connectivity index (χ0v) is 16.0. The Morgan fingerprint density at radius 3 is 2.50 bits per heavy atom. The summed E-state index contributed by atoms with van der Waals surface area (Å²) in [6.45, 7) is -0.0827. The molecule has 9 nitrogen and oxygen atoms in total. The fourth-order valence-electron chi connectivity index (χ4n) is 3.18. The second-order valence-corrected chi connectivity index (χ2v) is 6.65. The second kappa shape index (κ2) is 7.82. The Kier molecular flexibility index (Phi) is 5.05. The highest BCUT2D eigenvalue weighted by molar-refractivity contribution is 5.95. The minimum atomic E-state index is -0.676. The average molecular weight is 411 g/mol. The molecule has 0 atom stereocenters. The summed E-state index contributed by atoms with van der Waals surface area (Å²) < 4.78 is 20.2. The molecule has 2 amide bonds. The highest BCUT2D eigenvalue weighted by atomic mass is 19.1. The molecule has 2 heterocycles. The van der Waals surface area contributed by atoms with E-state index < -0.39 is 17.6 Å². The summed E-state index contributed by atoms with van der Waals surface area (Å²) in [6, 6.07) is 12.1. The van der Waals surface area contributed by atoms with Crippen molar-refractivity contribution in [2.45, 2.75) is 19.6 Å². The topological polar surface area (TPSA) is 98.5 Å². The predicted molar refractivity (Wildman–Crippen MR) is 105 cm³/mol. The van der Waals surface area contributed by atoms with Crippen LogP contribution in [0.25, 0.3) is 0 Å². The molecule has 1 N–H and O–H groups in total. The number of anilines is 1. The van der Waals surface area contributed by atoms with Crippen LogP contribution >= 0.6 is 0 Å². The van der Waals surface area contributed by atoms with Gasteiger partial charge in [-0.25, -0.2) is 18.7 Å². The molecule has 4 rings (SSSR count). The monoisotopic (exact) mass is 411 g/mol. The van der Waals surface area contributed by atoms with Gasteiger partial charge in [-0.2, -0.15) is 9.67 Å². The van der Waals surface area contributed by atoms with Crippen molar-refractivity contribution in [2.24, 2.45) is 0 Å². The number of nitrogens with zero attached hydrogens (tertiary/aromatic N) is 4. The third-order valence-corrected chi connectivity index (χ3v) is 4.72. The lowest BCUT2D eigenvalue weighted by molar-refractivity contribution is -0.122. The van der Waals surface area contributed by atoms with Crippen molar-refractivity contribution < 1.29 is 18.7 Å². The number of hydrogen-bond acceptors (Lipinski definition) is 5. The van der Waals surface area contributed by atoms with Crippen LogP contribution in [0.5, 0.6) is 5.75 Å². The van der Waals surface area contributed by atoms with Crippen LogP contribution in [0.1, 0.15) is 11.4 Å². The number of fused-ring (bicyclic) bond motifs is 1. The zero-order chi connectivity index (χ0) is 21.3. The maximum absolute atomic E-state index is 13.0. The SMILES string of the molecule is COc1ccc(N2Cc3nc(=O)n(CC(=O)NCc4ccc(F)cc4)n3C2=O)cc1. The lowest BCUT2D eigenvalue weighted by atomic mass is 10.2. The van der Waals surface area contributed by atoms with Gasteiger partial charge in [0.2, 0.25) is 5.91 Å². The number of amides is 2. The largest absolute Gasteiger partial charge is 0.497 e. The molecule has 3 aromatic rings. The Hall–Kier alpha value is -3.95. The molecular formula is C20H18FN5O4. The van der Waals surface area contributed by atoms with Crippen LogP contribution in [0.2, 0.25) is 0 Å². The number of ether oxygens (including phenoxy) is 1. The Balaban J connectivity index is 1.48. The first kappa shape index (κ1) is 19.4. The minimum absolute atomic E-state index is 0.116. The summed E-state index contributed by atoms with van der Waals surface area (Å²) in [5.74, 6) is 0.0659. The molecule has 0 radical (unpaired) electrons. The van der Waals surface area contributed by atoms with Crippen molar-refractivity contribution in [2.75, 3.05) is 12.0 Å². The van der Waals surface area contributed by atoms with E-state index in [1.165, 1.54) is 17.0 Å². The number of benzene rings is 2. The first-order chi connectivity index (χ1) is 14.5. The van der Waals surface area contributed by atoms with E-state index in [1.54, 1.807) is 43.5 Å². The lowest BCUT2D eigenvalue weighted by Crippen LogP contribution is -2.38. The number of rotatable bonds is 6. The number of halogens is 1. The van der Waals surface area contributed by atoms with Gasteiger partial charge in [0.15, 0.2) is 5.82 Å². The summed E-state index contributed by atoms with van der Waals surface area (Å²) in [5, 5.41) is 2.64. The normalized spacial score (nSPS) is 12.7. The van der Waals surface area contributed by atoms with Crippen molar-refractivity contribution in [3.05, 3.63) is 76.2 Å². The van der Waals surface area contributed by atoms with Crippen LogP contribution in [-0.2, 0) is 24.4 Å². The van der Waals surface area contributed by atoms with E-state index in [9.17, 15) is 18.8 Å². The summed E-state index contributed by atoms with van der Waals surface area (Å²) >= 11 is 0. The third kappa shape index (κ3) is 3.66. The number of aromatic nitrogens is 3. The molecular weight excluding hydrogens is 393 g/mol. The van der Waals surface area contributed by atoms with Crippen molar-refractivity contribution >= 4 is 17.6 Å². The van der Waals surface area contributed by atoms with Crippen LogP contribution in [0.15, 0.2) is 53.3 Å². The number of carbonyl (C=O) groups excluding carboxylic acids is 2. The standard InChI is InChI=1S/C20H18FN5O4/c1-30-16-8-6-15(7-9-16)24-11-17-23-19(28)25(26(17)20(24)29)12-18(27)22-10-13-2-4-14(21)5-3-13/h2-9H,10-12H2,1H3,(H,22,27). The molecule has 10 heteroatoms. The highest BCUT2D eigenvalue weighted by Crippen LogP contribution is 2.25. The van der Waals surface area contributed by atoms with Crippen LogP contribution < -0.4 is 20.6 Å². The van der Waals surface area contributed by atoms with Crippen LogP contribution in [-0.4, -0.2) is 33.4 Å². The van der Waals surface area contributed by atoms with Crippen LogP contribution in [0.3, 0.4) is 0 Å². The molecule has 0 bridgehead atoms. The molecule has 0 unspecified atom stereocenters. The maximum atomic E-state index is 13.0. The first-order valence-corrected chi connectivity index (χ1v) is 9.12. The van der Waals surface area contributed by atoms with Crippen molar-refractivity contribution in [1.82, 2.24) is 19.7 Å². The third-order valence-electron chi connectivity index (χ3n) is 4.72. The summed E-state index contributed by atoms with van der Waals surface area (Å²) in [4.78, 5) is 42.7. The molecule has 0 spiro atoms. The van der Waals surface area contributed by atoms with Crippen molar-refractivity contribution in [3.8, 4) is 5.75 Å². The van der Waals surface area contributed by atoms with Crippen LogP contribution in [0, 0.1) is 5.82 Å². The molecule has 0 aliphatic carbocycles. The van der Waals surface area contributed by atoms with Gasteiger partial charge in [0, 0.05) is 12.2 Å². The van der Waals surface area contributed by atoms with Gasteiger partial charge in [-0.3, -0.25) is 9.69 Å². The zero-order valence-electron chi connectivity index (χ0n) is 16.0. The Bertz CT molecular complexity index is 1150. The summed E-state index contributed by atoms with van der Waals surface area (Å²) in [7, 11) is 1.55. The smallest absolute Gasteiger partial charge is 0.365 e. The van der Waals surface area contributed by atoms with Gasteiger partial charge in [0.25, 0.3) is 0 Å². The number of methoxy groups -OCH3 is 1. The molecule has 154 valence electrons. The van der Waals surface area contributed by atoms with Gasteiger partial charge in [-0.05, 0) is 42.0 Å². The summed E-state index contributed by atoms with van der Waals surface area (Å²) in [6.07, 6.45) is 0. The second-order valence-electron chi connectivity index (χ2n) is 6.65. The number of nitrogens with one attached hydrogen (secondary N) is 1. The predicted octanol–water partition coefficient (Wildman–Crippen LogP) is 1.50. The summed E-state index contributed by atoms with van der Waals surface area (Å²) in [5.41, 5.74) is 0.646. The van der Waals surface area contributed by atoms with E-state index >= 15 is 0 Å². The molecule has 1 aromatic heterocycles. The van der Waals surface area contributed by atoms with E-state index in [4.69, 9.17) is 4.74 Å². The van der Waals surface area contributed by atoms with Gasteiger partial charge in [-0.1, -0.05) is 12.1 Å². The van der Waals surface area contributed by atoms with Gasteiger partial charge in [0.05, 0.1) is 13.7 Å².